The second kappa shape index (κ2) is 9.06. The second-order valence-corrected chi connectivity index (χ2v) is 6.30. The third-order valence-electron chi connectivity index (χ3n) is 4.52. The first-order valence-corrected chi connectivity index (χ1v) is 8.91. The molecule has 0 aromatic heterocycles. The van der Waals surface area contributed by atoms with Crippen LogP contribution in [0.15, 0.2) is 78.9 Å². The quantitative estimate of drug-likeness (QED) is 0.576. The molecule has 0 aliphatic carbocycles. The van der Waals surface area contributed by atoms with E-state index in [1.165, 1.54) is 0 Å². The lowest BCUT2D eigenvalue weighted by Gasteiger charge is -2.15. The molecule has 1 N–H and O–H groups in total. The summed E-state index contributed by atoms with van der Waals surface area (Å²) in [7, 11) is 3.31. The number of rotatable bonds is 7. The van der Waals surface area contributed by atoms with Gasteiger partial charge in [-0.25, -0.2) is 0 Å². The first-order chi connectivity index (χ1) is 13.2. The van der Waals surface area contributed by atoms with Crippen molar-refractivity contribution in [2.75, 3.05) is 14.2 Å². The number of aliphatic hydroxyl groups excluding tert-OH is 1. The second-order valence-electron chi connectivity index (χ2n) is 6.30. The van der Waals surface area contributed by atoms with Crippen LogP contribution < -0.4 is 9.47 Å². The average Bonchev–Trinajstić information content (AvgIpc) is 2.74. The summed E-state index contributed by atoms with van der Waals surface area (Å²) in [6.07, 6.45) is 2.05. The molecular formula is C24H24O3. The normalized spacial score (nSPS) is 12.5. The summed E-state index contributed by atoms with van der Waals surface area (Å²) in [6.45, 7) is 0. The lowest BCUT2D eigenvalue weighted by Crippen LogP contribution is -1.99. The Hall–Kier alpha value is -3.04. The van der Waals surface area contributed by atoms with Crippen LogP contribution in [0.3, 0.4) is 0 Å². The fraction of sp³-hybridized carbons (Fsp3) is 0.167. The van der Waals surface area contributed by atoms with E-state index in [2.05, 4.69) is 6.08 Å². The van der Waals surface area contributed by atoms with E-state index in [-0.39, 0.29) is 0 Å². The molecule has 3 heteroatoms. The molecule has 0 heterocycles. The van der Waals surface area contributed by atoms with Crippen molar-refractivity contribution in [1.82, 2.24) is 0 Å². The summed E-state index contributed by atoms with van der Waals surface area (Å²) in [5.41, 5.74) is 4.08. The molecule has 3 aromatic carbocycles. The minimum absolute atomic E-state index is 0.516. The van der Waals surface area contributed by atoms with E-state index in [1.807, 2.05) is 78.9 Å². The zero-order valence-corrected chi connectivity index (χ0v) is 15.6. The molecule has 3 nitrogen and oxygen atoms in total. The van der Waals surface area contributed by atoms with Crippen LogP contribution in [0, 0.1) is 0 Å². The third-order valence-corrected chi connectivity index (χ3v) is 4.52. The Bertz CT molecular complexity index is 866. The topological polar surface area (TPSA) is 38.7 Å². The molecule has 1 atom stereocenters. The van der Waals surface area contributed by atoms with Crippen LogP contribution in [0.2, 0.25) is 0 Å². The van der Waals surface area contributed by atoms with Gasteiger partial charge in [-0.15, -0.1) is 0 Å². The summed E-state index contributed by atoms with van der Waals surface area (Å²) in [5.74, 6) is 1.63. The highest BCUT2D eigenvalue weighted by atomic mass is 16.5. The van der Waals surface area contributed by atoms with Crippen LogP contribution in [0.4, 0.5) is 0 Å². The molecule has 0 aliphatic rings. The Kier molecular flexibility index (Phi) is 6.29. The van der Waals surface area contributed by atoms with E-state index in [1.54, 1.807) is 14.2 Å². The predicted molar refractivity (Wildman–Crippen MR) is 110 cm³/mol. The largest absolute Gasteiger partial charge is 0.497 e. The molecular weight excluding hydrogens is 336 g/mol. The highest BCUT2D eigenvalue weighted by Crippen LogP contribution is 2.30. The molecule has 0 amide bonds. The van der Waals surface area contributed by atoms with Crippen LogP contribution in [0.5, 0.6) is 11.5 Å². The third kappa shape index (κ3) is 4.99. The van der Waals surface area contributed by atoms with Gasteiger partial charge in [0.25, 0.3) is 0 Å². The first-order valence-electron chi connectivity index (χ1n) is 8.91. The number of aliphatic hydroxyl groups is 1. The van der Waals surface area contributed by atoms with Gasteiger partial charge in [0.05, 0.1) is 20.3 Å². The Morgan fingerprint density at radius 1 is 0.815 bits per heavy atom. The van der Waals surface area contributed by atoms with Gasteiger partial charge in [-0.3, -0.25) is 0 Å². The molecule has 3 rings (SSSR count). The van der Waals surface area contributed by atoms with Crippen molar-refractivity contribution >= 4 is 11.6 Å². The number of methoxy groups -OCH3 is 2. The van der Waals surface area contributed by atoms with Crippen molar-refractivity contribution in [2.24, 2.45) is 0 Å². The monoisotopic (exact) mass is 360 g/mol. The van der Waals surface area contributed by atoms with Gasteiger partial charge in [-0.1, -0.05) is 60.7 Å². The maximum Gasteiger partial charge on any atom is 0.118 e. The average molecular weight is 360 g/mol. The van der Waals surface area contributed by atoms with Crippen molar-refractivity contribution in [3.05, 3.63) is 95.6 Å². The Morgan fingerprint density at radius 3 is 1.93 bits per heavy atom. The van der Waals surface area contributed by atoms with Gasteiger partial charge in [-0.05, 0) is 46.5 Å². The zero-order valence-electron chi connectivity index (χ0n) is 15.6. The number of hydrogen-bond donors (Lipinski definition) is 1. The van der Waals surface area contributed by atoms with E-state index >= 15 is 0 Å². The molecule has 1 unspecified atom stereocenters. The fourth-order valence-electron chi connectivity index (χ4n) is 2.97. The Labute approximate surface area is 160 Å². The molecule has 138 valence electrons. The molecule has 0 fully saturated rings. The highest BCUT2D eigenvalue weighted by molar-refractivity contribution is 5.82. The summed E-state index contributed by atoms with van der Waals surface area (Å²) in [5, 5.41) is 10.7. The molecule has 3 aromatic rings. The minimum atomic E-state index is -0.571. The standard InChI is InChI=1S/C24H24O3/c1-26-22-12-8-18(9-13-22)16-21(19-10-14-23(27-2)15-11-19)17-24(25)20-6-4-3-5-7-20/h3-16,24-25H,17H2,1-2H3. The predicted octanol–water partition coefficient (Wildman–Crippen LogP) is 5.37. The van der Waals surface area contributed by atoms with Gasteiger partial charge >= 0.3 is 0 Å². The fourth-order valence-corrected chi connectivity index (χ4v) is 2.97. The van der Waals surface area contributed by atoms with Gasteiger partial charge in [-0.2, -0.15) is 0 Å². The van der Waals surface area contributed by atoms with E-state index in [0.29, 0.717) is 6.42 Å². The van der Waals surface area contributed by atoms with Gasteiger partial charge in [0, 0.05) is 6.42 Å². The Balaban J connectivity index is 1.92. The Morgan fingerprint density at radius 2 is 1.37 bits per heavy atom. The smallest absolute Gasteiger partial charge is 0.118 e. The van der Waals surface area contributed by atoms with Crippen LogP contribution in [-0.4, -0.2) is 19.3 Å². The minimum Gasteiger partial charge on any atom is -0.497 e. The summed E-state index contributed by atoms with van der Waals surface area (Å²) in [6, 6.07) is 25.5. The number of benzene rings is 3. The number of ether oxygens (including phenoxy) is 2. The van der Waals surface area contributed by atoms with E-state index in [9.17, 15) is 5.11 Å². The first kappa shape index (κ1) is 18.7. The van der Waals surface area contributed by atoms with Crippen LogP contribution >= 0.6 is 0 Å². The van der Waals surface area contributed by atoms with Crippen molar-refractivity contribution < 1.29 is 14.6 Å². The van der Waals surface area contributed by atoms with Crippen LogP contribution in [-0.2, 0) is 0 Å². The van der Waals surface area contributed by atoms with Crippen molar-refractivity contribution in [3.63, 3.8) is 0 Å². The molecule has 0 saturated heterocycles. The zero-order chi connectivity index (χ0) is 19.1. The van der Waals surface area contributed by atoms with Gasteiger partial charge < -0.3 is 14.6 Å². The van der Waals surface area contributed by atoms with Crippen LogP contribution in [0.25, 0.3) is 11.6 Å². The molecule has 0 radical (unpaired) electrons. The maximum atomic E-state index is 10.7. The molecule has 0 saturated carbocycles. The molecule has 0 bridgehead atoms. The van der Waals surface area contributed by atoms with E-state index in [0.717, 1.165) is 33.8 Å². The van der Waals surface area contributed by atoms with Crippen LogP contribution in [0.1, 0.15) is 29.2 Å². The van der Waals surface area contributed by atoms with Gasteiger partial charge in [0.2, 0.25) is 0 Å². The molecule has 0 aliphatic heterocycles. The summed E-state index contributed by atoms with van der Waals surface area (Å²) < 4.78 is 10.5. The lowest BCUT2D eigenvalue weighted by atomic mass is 9.94. The highest BCUT2D eigenvalue weighted by Gasteiger charge is 2.12. The van der Waals surface area contributed by atoms with Crippen molar-refractivity contribution in [3.8, 4) is 11.5 Å². The lowest BCUT2D eigenvalue weighted by molar-refractivity contribution is 0.184. The maximum absolute atomic E-state index is 10.7. The van der Waals surface area contributed by atoms with Crippen molar-refractivity contribution in [1.29, 1.82) is 0 Å². The van der Waals surface area contributed by atoms with E-state index in [4.69, 9.17) is 9.47 Å². The number of hydrogen-bond acceptors (Lipinski definition) is 3. The molecule has 0 spiro atoms. The summed E-state index contributed by atoms with van der Waals surface area (Å²) in [4.78, 5) is 0. The summed E-state index contributed by atoms with van der Waals surface area (Å²) >= 11 is 0. The molecule has 27 heavy (non-hydrogen) atoms. The van der Waals surface area contributed by atoms with Crippen molar-refractivity contribution in [2.45, 2.75) is 12.5 Å². The SMILES string of the molecule is COc1ccc(C=C(CC(O)c2ccccc2)c2ccc(OC)cc2)cc1. The van der Waals surface area contributed by atoms with Gasteiger partial charge in [0.15, 0.2) is 0 Å². The van der Waals surface area contributed by atoms with Gasteiger partial charge in [0.1, 0.15) is 11.5 Å². The van der Waals surface area contributed by atoms with E-state index < -0.39 is 6.10 Å².